The number of hydrogen-bond donors (Lipinski definition) is 1. The molecular weight excluding hydrogens is 218 g/mol. The summed E-state index contributed by atoms with van der Waals surface area (Å²) in [6.45, 7) is 2.17. The van der Waals surface area contributed by atoms with E-state index in [4.69, 9.17) is 11.6 Å². The van der Waals surface area contributed by atoms with Crippen LogP contribution in [0.4, 0.5) is 5.69 Å². The Morgan fingerprint density at radius 2 is 2.00 bits per heavy atom. The number of nitrogens with one attached hydrogen (secondary N) is 1. The first-order chi connectivity index (χ1) is 7.75. The van der Waals surface area contributed by atoms with Crippen LogP contribution in [-0.4, -0.2) is 6.04 Å². The maximum absolute atomic E-state index is 6.27. The lowest BCUT2D eigenvalue weighted by molar-refractivity contribution is 0.466. The van der Waals surface area contributed by atoms with E-state index in [1.165, 1.54) is 42.5 Å². The summed E-state index contributed by atoms with van der Waals surface area (Å²) in [7, 11) is 0. The smallest absolute Gasteiger partial charge is 0.0459 e. The molecule has 1 atom stereocenters. The number of aryl methyl sites for hydroxylation is 1. The largest absolute Gasteiger partial charge is 0.381 e. The van der Waals surface area contributed by atoms with Crippen LogP contribution in [0.3, 0.4) is 0 Å². The van der Waals surface area contributed by atoms with Crippen LogP contribution < -0.4 is 5.32 Å². The van der Waals surface area contributed by atoms with Gasteiger partial charge in [0, 0.05) is 16.8 Å². The monoisotopic (exact) mass is 235 g/mol. The van der Waals surface area contributed by atoms with E-state index in [9.17, 15) is 0 Å². The number of halogens is 1. The summed E-state index contributed by atoms with van der Waals surface area (Å²) in [6, 6.07) is 4.79. The van der Waals surface area contributed by atoms with Gasteiger partial charge >= 0.3 is 0 Å². The normalized spacial score (nSPS) is 24.5. The summed E-state index contributed by atoms with van der Waals surface area (Å²) >= 11 is 6.27. The van der Waals surface area contributed by atoms with Gasteiger partial charge in [0.1, 0.15) is 0 Å². The van der Waals surface area contributed by atoms with Crippen molar-refractivity contribution in [3.63, 3.8) is 0 Å². The molecule has 16 heavy (non-hydrogen) atoms. The van der Waals surface area contributed by atoms with Crippen molar-refractivity contribution in [2.45, 2.75) is 45.1 Å². The van der Waals surface area contributed by atoms with E-state index in [1.807, 2.05) is 6.07 Å². The highest BCUT2D eigenvalue weighted by Gasteiger charge is 2.31. The quantitative estimate of drug-likeness (QED) is 0.770. The SMILES string of the molecule is Cc1ccc(Cl)c2c1NC(C1CCCC1)C2. The Morgan fingerprint density at radius 3 is 2.69 bits per heavy atom. The van der Waals surface area contributed by atoms with E-state index in [2.05, 4.69) is 18.3 Å². The Kier molecular flexibility index (Phi) is 2.59. The zero-order chi connectivity index (χ0) is 11.1. The van der Waals surface area contributed by atoms with Crippen LogP contribution in [-0.2, 0) is 6.42 Å². The third-order valence-corrected chi connectivity index (χ3v) is 4.54. The van der Waals surface area contributed by atoms with Gasteiger partial charge in [-0.25, -0.2) is 0 Å². The van der Waals surface area contributed by atoms with Gasteiger partial charge in [-0.3, -0.25) is 0 Å². The van der Waals surface area contributed by atoms with E-state index in [0.29, 0.717) is 6.04 Å². The highest BCUT2D eigenvalue weighted by atomic mass is 35.5. The minimum Gasteiger partial charge on any atom is -0.381 e. The van der Waals surface area contributed by atoms with E-state index >= 15 is 0 Å². The molecule has 1 nitrogen and oxygen atoms in total. The first kappa shape index (κ1) is 10.5. The summed E-state index contributed by atoms with van der Waals surface area (Å²) in [6.07, 6.45) is 6.73. The maximum atomic E-state index is 6.27. The third kappa shape index (κ3) is 1.62. The van der Waals surface area contributed by atoms with E-state index < -0.39 is 0 Å². The Hall–Kier alpha value is -0.690. The summed E-state index contributed by atoms with van der Waals surface area (Å²) in [4.78, 5) is 0. The van der Waals surface area contributed by atoms with Crippen LogP contribution in [0.2, 0.25) is 5.02 Å². The number of rotatable bonds is 1. The predicted molar refractivity (Wildman–Crippen MR) is 69.3 cm³/mol. The zero-order valence-corrected chi connectivity index (χ0v) is 10.5. The standard InChI is InChI=1S/C14H18ClN/c1-9-6-7-12(15)11-8-13(16-14(9)11)10-4-2-3-5-10/h6-7,10,13,16H,2-5,8H2,1H3. The lowest BCUT2D eigenvalue weighted by Gasteiger charge is -2.18. The van der Waals surface area contributed by atoms with Crippen LogP contribution in [0.5, 0.6) is 0 Å². The molecule has 1 aliphatic carbocycles. The Bertz CT molecular complexity index is 376. The van der Waals surface area contributed by atoms with Crippen molar-refractivity contribution < 1.29 is 0 Å². The summed E-state index contributed by atoms with van der Waals surface area (Å²) in [5.74, 6) is 0.864. The Labute approximate surface area is 102 Å². The van der Waals surface area contributed by atoms with Gasteiger partial charge in [0.2, 0.25) is 0 Å². The van der Waals surface area contributed by atoms with Crippen LogP contribution in [0.15, 0.2) is 12.1 Å². The number of fused-ring (bicyclic) bond motifs is 1. The average Bonchev–Trinajstić information content (AvgIpc) is 2.90. The number of anilines is 1. The molecular formula is C14H18ClN. The minimum absolute atomic E-state index is 0.635. The van der Waals surface area contributed by atoms with Gasteiger partial charge in [-0.2, -0.15) is 0 Å². The molecule has 0 bridgehead atoms. The predicted octanol–water partition coefficient (Wildman–Crippen LogP) is 4.18. The topological polar surface area (TPSA) is 12.0 Å². The second-order valence-corrected chi connectivity index (χ2v) is 5.62. The molecule has 2 heteroatoms. The minimum atomic E-state index is 0.635. The number of hydrogen-bond acceptors (Lipinski definition) is 1. The molecule has 1 heterocycles. The molecule has 1 saturated carbocycles. The maximum Gasteiger partial charge on any atom is 0.0459 e. The van der Waals surface area contributed by atoms with E-state index in [1.54, 1.807) is 0 Å². The fourth-order valence-electron chi connectivity index (χ4n) is 3.24. The molecule has 0 aromatic heterocycles. The molecule has 3 rings (SSSR count). The molecule has 0 radical (unpaired) electrons. The van der Waals surface area contributed by atoms with Crippen LogP contribution in [0.25, 0.3) is 0 Å². The van der Waals surface area contributed by atoms with Crippen LogP contribution in [0, 0.1) is 12.8 Å². The summed E-state index contributed by atoms with van der Waals surface area (Å²) in [5, 5.41) is 4.64. The van der Waals surface area contributed by atoms with Gasteiger partial charge in [0.05, 0.1) is 0 Å². The number of benzene rings is 1. The van der Waals surface area contributed by atoms with Gasteiger partial charge in [0.25, 0.3) is 0 Å². The Balaban J connectivity index is 1.88. The van der Waals surface area contributed by atoms with Crippen molar-refractivity contribution in [1.82, 2.24) is 0 Å². The molecule has 0 saturated heterocycles. The molecule has 2 aliphatic rings. The Morgan fingerprint density at radius 1 is 1.25 bits per heavy atom. The highest BCUT2D eigenvalue weighted by molar-refractivity contribution is 6.31. The van der Waals surface area contributed by atoms with E-state index in [0.717, 1.165) is 17.4 Å². The highest BCUT2D eigenvalue weighted by Crippen LogP contribution is 2.40. The van der Waals surface area contributed by atoms with Crippen molar-refractivity contribution in [3.8, 4) is 0 Å². The molecule has 0 spiro atoms. The van der Waals surface area contributed by atoms with Crippen molar-refractivity contribution in [2.75, 3.05) is 5.32 Å². The van der Waals surface area contributed by atoms with Gasteiger partial charge in [-0.05, 0) is 49.3 Å². The second kappa shape index (κ2) is 3.96. The lowest BCUT2D eigenvalue weighted by atomic mass is 9.95. The van der Waals surface area contributed by atoms with Crippen LogP contribution in [0.1, 0.15) is 36.8 Å². The lowest BCUT2D eigenvalue weighted by Crippen LogP contribution is -2.24. The molecule has 1 aliphatic heterocycles. The zero-order valence-electron chi connectivity index (χ0n) is 9.72. The molecule has 1 unspecified atom stereocenters. The second-order valence-electron chi connectivity index (χ2n) is 5.22. The summed E-state index contributed by atoms with van der Waals surface area (Å²) in [5.41, 5.74) is 3.99. The van der Waals surface area contributed by atoms with Gasteiger partial charge in [-0.15, -0.1) is 0 Å². The fraction of sp³-hybridized carbons (Fsp3) is 0.571. The van der Waals surface area contributed by atoms with Crippen LogP contribution >= 0.6 is 11.6 Å². The molecule has 1 fully saturated rings. The fourth-order valence-corrected chi connectivity index (χ4v) is 3.48. The molecule has 1 aromatic rings. The first-order valence-electron chi connectivity index (χ1n) is 6.30. The van der Waals surface area contributed by atoms with Crippen molar-refractivity contribution in [3.05, 3.63) is 28.3 Å². The van der Waals surface area contributed by atoms with E-state index in [-0.39, 0.29) is 0 Å². The molecule has 1 aromatic carbocycles. The third-order valence-electron chi connectivity index (χ3n) is 4.19. The van der Waals surface area contributed by atoms with Crippen molar-refractivity contribution in [1.29, 1.82) is 0 Å². The van der Waals surface area contributed by atoms with Crippen molar-refractivity contribution in [2.24, 2.45) is 5.92 Å². The molecule has 1 N–H and O–H groups in total. The van der Waals surface area contributed by atoms with Crippen molar-refractivity contribution >= 4 is 17.3 Å². The van der Waals surface area contributed by atoms with Gasteiger partial charge < -0.3 is 5.32 Å². The van der Waals surface area contributed by atoms with Gasteiger partial charge in [-0.1, -0.05) is 30.5 Å². The first-order valence-corrected chi connectivity index (χ1v) is 6.68. The van der Waals surface area contributed by atoms with Gasteiger partial charge in [0.15, 0.2) is 0 Å². The molecule has 86 valence electrons. The average molecular weight is 236 g/mol. The summed E-state index contributed by atoms with van der Waals surface area (Å²) < 4.78 is 0. The molecule has 0 amide bonds.